The molecule has 1 amide bonds. The van der Waals surface area contributed by atoms with Crippen LogP contribution in [0.2, 0.25) is 0 Å². The van der Waals surface area contributed by atoms with E-state index in [9.17, 15) is 4.79 Å². The van der Waals surface area contributed by atoms with Crippen molar-refractivity contribution in [2.24, 2.45) is 0 Å². The molecule has 1 N–H and O–H groups in total. The smallest absolute Gasteiger partial charge is 0.266 e. The Kier molecular flexibility index (Phi) is 5.14. The van der Waals surface area contributed by atoms with Gasteiger partial charge in [0.15, 0.2) is 6.10 Å². The molecule has 1 aromatic carbocycles. The number of hydrogen-bond acceptors (Lipinski definition) is 4. The van der Waals surface area contributed by atoms with Gasteiger partial charge in [0.05, 0.1) is 10.2 Å². The lowest BCUT2D eigenvalue weighted by Gasteiger charge is -2.13. The van der Waals surface area contributed by atoms with Gasteiger partial charge in [-0.25, -0.2) is 9.67 Å². The van der Waals surface area contributed by atoms with Crippen LogP contribution in [0.15, 0.2) is 59.3 Å². The van der Waals surface area contributed by atoms with Gasteiger partial charge in [-0.2, -0.15) is 0 Å². The lowest BCUT2D eigenvalue weighted by molar-refractivity contribution is -0.122. The number of nitrogens with one attached hydrogen (secondary N) is 1. The van der Waals surface area contributed by atoms with Crippen molar-refractivity contribution < 1.29 is 9.53 Å². The lowest BCUT2D eigenvalue weighted by Crippen LogP contribution is -2.31. The topological polar surface area (TPSA) is 69.0 Å². The van der Waals surface area contributed by atoms with E-state index in [1.807, 2.05) is 49.4 Å². The average Bonchev–Trinajstić information content (AvgIpc) is 2.98. The molecule has 0 saturated heterocycles. The monoisotopic (exact) mass is 400 g/mol. The van der Waals surface area contributed by atoms with Gasteiger partial charge in [-0.15, -0.1) is 5.10 Å². The van der Waals surface area contributed by atoms with Gasteiger partial charge in [0.1, 0.15) is 5.82 Å². The summed E-state index contributed by atoms with van der Waals surface area (Å²) in [5.41, 5.74) is 1.79. The normalized spacial score (nSPS) is 11.8. The number of amides is 1. The fraction of sp³-hybridized carbons (Fsp3) is 0.167. The van der Waals surface area contributed by atoms with Crippen LogP contribution < -0.4 is 10.1 Å². The molecule has 0 aliphatic heterocycles. The number of carbonyl (C=O) groups is 1. The van der Waals surface area contributed by atoms with E-state index in [0.29, 0.717) is 16.2 Å². The number of para-hydroxylation sites is 1. The zero-order valence-electron chi connectivity index (χ0n) is 13.8. The molecular formula is C18H17BrN4O2. The highest BCUT2D eigenvalue weighted by molar-refractivity contribution is 9.10. The first-order valence-corrected chi connectivity index (χ1v) is 8.53. The van der Waals surface area contributed by atoms with Gasteiger partial charge in [-0.1, -0.05) is 24.3 Å². The van der Waals surface area contributed by atoms with E-state index in [1.165, 1.54) is 0 Å². The molecule has 7 heteroatoms. The molecule has 0 radical (unpaired) electrons. The van der Waals surface area contributed by atoms with Crippen LogP contribution in [0.5, 0.6) is 5.88 Å². The molecule has 3 aromatic rings. The van der Waals surface area contributed by atoms with Gasteiger partial charge in [-0.05, 0) is 53.5 Å². The predicted octanol–water partition coefficient (Wildman–Crippen LogP) is 3.74. The molecule has 1 atom stereocenters. The summed E-state index contributed by atoms with van der Waals surface area (Å²) in [6.07, 6.45) is 2.70. The van der Waals surface area contributed by atoms with Crippen molar-refractivity contribution in [3.8, 4) is 11.6 Å². The number of pyridine rings is 1. The van der Waals surface area contributed by atoms with Gasteiger partial charge in [0.25, 0.3) is 5.91 Å². The minimum absolute atomic E-state index is 0.289. The van der Waals surface area contributed by atoms with Crippen molar-refractivity contribution in [3.63, 3.8) is 0 Å². The van der Waals surface area contributed by atoms with E-state index >= 15 is 0 Å². The summed E-state index contributed by atoms with van der Waals surface area (Å²) in [6.45, 7) is 3.55. The lowest BCUT2D eigenvalue weighted by atomic mass is 10.3. The summed E-state index contributed by atoms with van der Waals surface area (Å²) in [6, 6.07) is 13.4. The van der Waals surface area contributed by atoms with Crippen molar-refractivity contribution in [2.75, 3.05) is 5.32 Å². The largest absolute Gasteiger partial charge is 0.463 e. The second-order valence-electron chi connectivity index (χ2n) is 5.48. The number of aryl methyl sites for hydroxylation is 1. The number of hydrogen-bond donors (Lipinski definition) is 1. The summed E-state index contributed by atoms with van der Waals surface area (Å²) in [5, 5.41) is 7.14. The summed E-state index contributed by atoms with van der Waals surface area (Å²) in [7, 11) is 0. The SMILES string of the molecule is Cc1cccnc1NC(=O)[C@@H](C)Oc1nn(-c2ccccc2)cc1Br. The summed E-state index contributed by atoms with van der Waals surface area (Å²) < 4.78 is 8.06. The van der Waals surface area contributed by atoms with E-state index in [1.54, 1.807) is 24.0 Å². The third-order valence-electron chi connectivity index (χ3n) is 3.57. The summed E-state index contributed by atoms with van der Waals surface area (Å²) in [5.74, 6) is 0.587. The molecule has 2 aromatic heterocycles. The minimum atomic E-state index is -0.725. The molecule has 128 valence electrons. The van der Waals surface area contributed by atoms with Crippen LogP contribution in [0.3, 0.4) is 0 Å². The first-order valence-electron chi connectivity index (χ1n) is 7.74. The molecule has 0 fully saturated rings. The zero-order chi connectivity index (χ0) is 17.8. The van der Waals surface area contributed by atoms with E-state index in [2.05, 4.69) is 31.3 Å². The van der Waals surface area contributed by atoms with Gasteiger partial charge in [-0.3, -0.25) is 4.79 Å². The van der Waals surface area contributed by atoms with E-state index in [-0.39, 0.29) is 5.91 Å². The molecule has 6 nitrogen and oxygen atoms in total. The maximum atomic E-state index is 12.3. The molecule has 0 spiro atoms. The van der Waals surface area contributed by atoms with Gasteiger partial charge < -0.3 is 10.1 Å². The molecule has 0 aliphatic rings. The standard InChI is InChI=1S/C18H17BrN4O2/c1-12-7-6-10-20-16(12)21-17(24)13(2)25-18-15(19)11-23(22-18)14-8-4-3-5-9-14/h3-11,13H,1-2H3,(H,20,21,24)/t13-/m1/s1. The van der Waals surface area contributed by atoms with Crippen molar-refractivity contribution in [1.29, 1.82) is 0 Å². The molecule has 2 heterocycles. The molecule has 0 saturated carbocycles. The minimum Gasteiger partial charge on any atom is -0.463 e. The Labute approximate surface area is 154 Å². The zero-order valence-corrected chi connectivity index (χ0v) is 15.4. The van der Waals surface area contributed by atoms with E-state index in [4.69, 9.17) is 4.74 Å². The molecule has 0 aliphatic carbocycles. The molecule has 0 bridgehead atoms. The van der Waals surface area contributed by atoms with Crippen LogP contribution in [0.25, 0.3) is 5.69 Å². The van der Waals surface area contributed by atoms with Gasteiger partial charge in [0.2, 0.25) is 5.88 Å². The Morgan fingerprint density at radius 2 is 2.00 bits per heavy atom. The third kappa shape index (κ3) is 4.06. The molecule has 25 heavy (non-hydrogen) atoms. The fourth-order valence-corrected chi connectivity index (χ4v) is 2.55. The second-order valence-corrected chi connectivity index (χ2v) is 6.33. The maximum absolute atomic E-state index is 12.3. The van der Waals surface area contributed by atoms with E-state index < -0.39 is 6.10 Å². The van der Waals surface area contributed by atoms with Crippen LogP contribution in [0.1, 0.15) is 12.5 Å². The van der Waals surface area contributed by atoms with Crippen LogP contribution in [0, 0.1) is 6.92 Å². The second kappa shape index (κ2) is 7.48. The first-order chi connectivity index (χ1) is 12.0. The first kappa shape index (κ1) is 17.2. The third-order valence-corrected chi connectivity index (χ3v) is 4.11. The molecular weight excluding hydrogens is 384 g/mol. The molecule has 3 rings (SSSR count). The number of anilines is 1. The van der Waals surface area contributed by atoms with Crippen LogP contribution >= 0.6 is 15.9 Å². The average molecular weight is 401 g/mol. The number of benzene rings is 1. The van der Waals surface area contributed by atoms with Crippen LogP contribution in [0.4, 0.5) is 5.82 Å². The number of ether oxygens (including phenoxy) is 1. The Bertz CT molecular complexity index is 880. The van der Waals surface area contributed by atoms with Crippen molar-refractivity contribution in [1.82, 2.24) is 14.8 Å². The number of carbonyl (C=O) groups excluding carboxylic acids is 1. The van der Waals surface area contributed by atoms with Gasteiger partial charge >= 0.3 is 0 Å². The Morgan fingerprint density at radius 1 is 1.24 bits per heavy atom. The number of aromatic nitrogens is 3. The summed E-state index contributed by atoms with van der Waals surface area (Å²) in [4.78, 5) is 16.5. The fourth-order valence-electron chi connectivity index (χ4n) is 2.19. The Hall–Kier alpha value is -2.67. The predicted molar refractivity (Wildman–Crippen MR) is 99.0 cm³/mol. The maximum Gasteiger partial charge on any atom is 0.266 e. The van der Waals surface area contributed by atoms with Crippen LogP contribution in [-0.2, 0) is 4.79 Å². The van der Waals surface area contributed by atoms with Crippen molar-refractivity contribution in [3.05, 3.63) is 64.9 Å². The number of halogens is 1. The highest BCUT2D eigenvalue weighted by atomic mass is 79.9. The van der Waals surface area contributed by atoms with Crippen molar-refractivity contribution in [2.45, 2.75) is 20.0 Å². The highest BCUT2D eigenvalue weighted by Crippen LogP contribution is 2.25. The van der Waals surface area contributed by atoms with Gasteiger partial charge in [0, 0.05) is 12.4 Å². The quantitative estimate of drug-likeness (QED) is 0.707. The summed E-state index contributed by atoms with van der Waals surface area (Å²) >= 11 is 3.42. The van der Waals surface area contributed by atoms with Crippen LogP contribution in [-0.4, -0.2) is 26.8 Å². The number of rotatable bonds is 5. The van der Waals surface area contributed by atoms with Crippen molar-refractivity contribution >= 4 is 27.7 Å². The Morgan fingerprint density at radius 3 is 2.72 bits per heavy atom. The molecule has 0 unspecified atom stereocenters. The van der Waals surface area contributed by atoms with E-state index in [0.717, 1.165) is 11.3 Å². The number of nitrogens with zero attached hydrogens (tertiary/aromatic N) is 3. The Balaban J connectivity index is 1.71. The highest BCUT2D eigenvalue weighted by Gasteiger charge is 2.19.